The Bertz CT molecular complexity index is 438. The number of hydrogen-bond donors (Lipinski definition) is 0. The molecular formula is C24H51Mn2N6O6+3. The smallest absolute Gasteiger partial charge is 0.550 e. The fourth-order valence-corrected chi connectivity index (χ4v) is 2.72. The molecule has 0 saturated carbocycles. The monoisotopic (exact) mass is 629 g/mol. The number of aliphatic carboxylic acids is 3. The van der Waals surface area contributed by atoms with Crippen LogP contribution in [0.1, 0.15) is 20.8 Å². The Morgan fingerprint density at radius 2 is 0.421 bits per heavy atom. The van der Waals surface area contributed by atoms with Crippen molar-refractivity contribution < 1.29 is 63.8 Å². The van der Waals surface area contributed by atoms with Crippen LogP contribution in [0, 0.1) is 0 Å². The SMILES string of the molecule is CC(=O)[O-].CC(=O)[O-].CC(=O)[O-].CN1CCN(C)CCN(C)CC1.CN1CCN(C)CCN(C)CC1.[Mn+3].[Mn+3]. The summed E-state index contributed by atoms with van der Waals surface area (Å²) in [7, 11) is 13.2. The molecule has 0 amide bonds. The van der Waals surface area contributed by atoms with Gasteiger partial charge in [-0.15, -0.1) is 0 Å². The predicted molar refractivity (Wildman–Crippen MR) is 137 cm³/mol. The Morgan fingerprint density at radius 1 is 0.368 bits per heavy atom. The van der Waals surface area contributed by atoms with Crippen LogP contribution in [0.5, 0.6) is 0 Å². The fourth-order valence-electron chi connectivity index (χ4n) is 2.72. The molecule has 0 aliphatic carbocycles. The number of hydrogen-bond acceptors (Lipinski definition) is 12. The molecule has 224 valence electrons. The van der Waals surface area contributed by atoms with Crippen LogP contribution in [-0.4, -0.2) is 168 Å². The fraction of sp³-hybridized carbons (Fsp3) is 0.875. The summed E-state index contributed by atoms with van der Waals surface area (Å²) in [6.07, 6.45) is 0. The van der Waals surface area contributed by atoms with Crippen LogP contribution in [0.25, 0.3) is 0 Å². The van der Waals surface area contributed by atoms with E-state index in [1.54, 1.807) is 0 Å². The van der Waals surface area contributed by atoms with Crippen molar-refractivity contribution in [2.24, 2.45) is 0 Å². The van der Waals surface area contributed by atoms with Crippen LogP contribution in [0.15, 0.2) is 0 Å². The van der Waals surface area contributed by atoms with Crippen molar-refractivity contribution in [3.63, 3.8) is 0 Å². The second-order valence-electron chi connectivity index (χ2n) is 9.29. The molecule has 2 heterocycles. The first-order chi connectivity index (χ1) is 16.6. The van der Waals surface area contributed by atoms with Crippen molar-refractivity contribution in [3.05, 3.63) is 0 Å². The van der Waals surface area contributed by atoms with Gasteiger partial charge in [0.05, 0.1) is 0 Å². The molecule has 2 saturated heterocycles. The van der Waals surface area contributed by atoms with E-state index in [0.29, 0.717) is 0 Å². The summed E-state index contributed by atoms with van der Waals surface area (Å²) >= 11 is 0. The third-order valence-electron chi connectivity index (χ3n) is 5.18. The van der Waals surface area contributed by atoms with Crippen molar-refractivity contribution in [2.45, 2.75) is 20.8 Å². The summed E-state index contributed by atoms with van der Waals surface area (Å²) < 4.78 is 0. The first kappa shape index (κ1) is 47.0. The summed E-state index contributed by atoms with van der Waals surface area (Å²) in [5.41, 5.74) is 0. The zero-order valence-electron chi connectivity index (χ0n) is 24.9. The van der Waals surface area contributed by atoms with Crippen molar-refractivity contribution in [2.75, 3.05) is 121 Å². The van der Waals surface area contributed by atoms with Crippen molar-refractivity contribution in [1.29, 1.82) is 0 Å². The van der Waals surface area contributed by atoms with Crippen LogP contribution < -0.4 is 15.3 Å². The first-order valence-electron chi connectivity index (χ1n) is 12.2. The second-order valence-corrected chi connectivity index (χ2v) is 9.29. The molecule has 0 radical (unpaired) electrons. The summed E-state index contributed by atoms with van der Waals surface area (Å²) in [5, 5.41) is 26.7. The van der Waals surface area contributed by atoms with E-state index in [0.717, 1.165) is 20.8 Å². The Kier molecular flexibility index (Phi) is 38.0. The number of carbonyl (C=O) groups is 3. The average molecular weight is 630 g/mol. The molecule has 0 aromatic carbocycles. The van der Waals surface area contributed by atoms with E-state index in [2.05, 4.69) is 71.7 Å². The largest absolute Gasteiger partial charge is 3.00 e. The normalized spacial score (nSPS) is 18.6. The van der Waals surface area contributed by atoms with Gasteiger partial charge in [-0.1, -0.05) is 0 Å². The number of likely N-dealkylation sites (N-methyl/N-ethyl adjacent to an activating group) is 6. The number of carboxylic acid groups (broad SMARTS) is 3. The van der Waals surface area contributed by atoms with Crippen LogP contribution in [0.4, 0.5) is 0 Å². The van der Waals surface area contributed by atoms with Gasteiger partial charge >= 0.3 is 34.1 Å². The summed E-state index contributed by atoms with van der Waals surface area (Å²) in [6, 6.07) is 0. The van der Waals surface area contributed by atoms with Gasteiger partial charge in [0, 0.05) is 96.4 Å². The third kappa shape index (κ3) is 48.3. The molecular weight excluding hydrogens is 578 g/mol. The summed E-state index contributed by atoms with van der Waals surface area (Å²) in [4.78, 5) is 41.1. The average Bonchev–Trinajstić information content (AvgIpc) is 2.85. The van der Waals surface area contributed by atoms with E-state index >= 15 is 0 Å². The summed E-state index contributed by atoms with van der Waals surface area (Å²) in [6.45, 7) is 17.3. The van der Waals surface area contributed by atoms with Gasteiger partial charge in [0.2, 0.25) is 0 Å². The minimum atomic E-state index is -1.08. The van der Waals surface area contributed by atoms with Crippen molar-refractivity contribution >= 4 is 17.9 Å². The number of nitrogens with zero attached hydrogens (tertiary/aromatic N) is 6. The molecule has 0 atom stereocenters. The maximum Gasteiger partial charge on any atom is 3.00 e. The van der Waals surface area contributed by atoms with Crippen molar-refractivity contribution in [3.8, 4) is 0 Å². The molecule has 12 nitrogen and oxygen atoms in total. The molecule has 2 fully saturated rings. The Morgan fingerprint density at radius 3 is 0.474 bits per heavy atom. The van der Waals surface area contributed by atoms with Gasteiger partial charge < -0.3 is 59.1 Å². The molecule has 0 aromatic rings. The van der Waals surface area contributed by atoms with E-state index < -0.39 is 17.9 Å². The molecule has 0 unspecified atom stereocenters. The Labute approximate surface area is 252 Å². The minimum Gasteiger partial charge on any atom is -0.550 e. The standard InChI is InChI=1S/2C9H21N3.3C2H4O2.2Mn/c2*1-10-4-6-11(2)8-9-12(3)7-5-10;3*1-2(3)4;;/h2*4-9H2,1-3H3;3*1H3,(H,3,4);;/q;;;;;2*+3/p-3. The quantitative estimate of drug-likeness (QED) is 0.241. The van der Waals surface area contributed by atoms with E-state index in [4.69, 9.17) is 29.7 Å². The molecule has 0 spiro atoms. The van der Waals surface area contributed by atoms with Gasteiger partial charge in [-0.05, 0) is 63.1 Å². The Balaban J connectivity index is -0.000000131. The molecule has 2 rings (SSSR count). The molecule has 2 aliphatic heterocycles. The van der Waals surface area contributed by atoms with E-state index in [9.17, 15) is 0 Å². The van der Waals surface area contributed by atoms with Crippen molar-refractivity contribution in [1.82, 2.24) is 29.4 Å². The van der Waals surface area contributed by atoms with E-state index in [1.807, 2.05) is 0 Å². The first-order valence-corrected chi connectivity index (χ1v) is 12.2. The van der Waals surface area contributed by atoms with Gasteiger partial charge in [0.1, 0.15) is 0 Å². The topological polar surface area (TPSA) is 140 Å². The Hall–Kier alpha value is -0.791. The zero-order chi connectivity index (χ0) is 28.7. The maximum atomic E-state index is 8.89. The van der Waals surface area contributed by atoms with Gasteiger partial charge in [0.25, 0.3) is 0 Å². The molecule has 0 N–H and O–H groups in total. The number of rotatable bonds is 0. The van der Waals surface area contributed by atoms with Gasteiger partial charge in [-0.25, -0.2) is 0 Å². The molecule has 0 aromatic heterocycles. The maximum absolute atomic E-state index is 8.89. The third-order valence-corrected chi connectivity index (χ3v) is 5.18. The van der Waals surface area contributed by atoms with Crippen LogP contribution in [0.3, 0.4) is 0 Å². The van der Waals surface area contributed by atoms with E-state index in [1.165, 1.54) is 78.5 Å². The molecule has 14 heteroatoms. The van der Waals surface area contributed by atoms with Gasteiger partial charge in [0.15, 0.2) is 0 Å². The van der Waals surface area contributed by atoms with E-state index in [-0.39, 0.29) is 34.1 Å². The zero-order valence-corrected chi connectivity index (χ0v) is 27.2. The van der Waals surface area contributed by atoms with Crippen LogP contribution in [0.2, 0.25) is 0 Å². The molecule has 0 bridgehead atoms. The second kappa shape index (κ2) is 30.7. The van der Waals surface area contributed by atoms with Gasteiger partial charge in [-0.3, -0.25) is 0 Å². The number of carboxylic acids is 3. The number of carbonyl (C=O) groups excluding carboxylic acids is 3. The van der Waals surface area contributed by atoms with Gasteiger partial charge in [-0.2, -0.15) is 0 Å². The van der Waals surface area contributed by atoms with Crippen LogP contribution >= 0.6 is 0 Å². The minimum absolute atomic E-state index is 0. The summed E-state index contributed by atoms with van der Waals surface area (Å²) in [5.74, 6) is -3.25. The molecule has 2 aliphatic rings. The molecule has 38 heavy (non-hydrogen) atoms. The predicted octanol–water partition coefficient (Wildman–Crippen LogP) is -4.15. The van der Waals surface area contributed by atoms with Crippen LogP contribution in [-0.2, 0) is 48.5 Å².